The van der Waals surface area contributed by atoms with Gasteiger partial charge < -0.3 is 5.43 Å². The molecule has 0 atom stereocenters. The summed E-state index contributed by atoms with van der Waals surface area (Å²) >= 11 is 13.7. The van der Waals surface area contributed by atoms with Crippen molar-refractivity contribution in [3.05, 3.63) is 52.5 Å². The molecule has 0 fully saturated rings. The average Bonchev–Trinajstić information content (AvgIpc) is 2.30. The highest BCUT2D eigenvalue weighted by Gasteiger charge is 2.07. The van der Waals surface area contributed by atoms with Gasteiger partial charge in [-0.3, -0.25) is 5.84 Å². The highest BCUT2D eigenvalue weighted by atomic mass is 35.5. The first-order valence-electron chi connectivity index (χ1n) is 4.89. The summed E-state index contributed by atoms with van der Waals surface area (Å²) in [6.07, 6.45) is 0. The minimum absolute atomic E-state index is 0.512. The average molecular weight is 285 g/mol. The maximum absolute atomic E-state index is 6.06. The van der Waals surface area contributed by atoms with E-state index in [1.54, 1.807) is 11.8 Å². The first-order chi connectivity index (χ1) is 8.20. The van der Waals surface area contributed by atoms with E-state index in [0.29, 0.717) is 15.7 Å². The van der Waals surface area contributed by atoms with Crippen LogP contribution in [0.25, 0.3) is 0 Å². The molecule has 0 aliphatic heterocycles. The number of nitrogen functional groups attached to an aromatic ring is 1. The standard InChI is InChI=1S/C12H10Cl2N2S/c13-10-6-9(7-11(14)12(10)16-15)17-8-4-2-1-3-5-8/h1-7,16H,15H2. The van der Waals surface area contributed by atoms with Crippen molar-refractivity contribution in [3.8, 4) is 0 Å². The molecule has 0 saturated carbocycles. The van der Waals surface area contributed by atoms with E-state index in [1.807, 2.05) is 42.5 Å². The molecule has 0 aliphatic rings. The van der Waals surface area contributed by atoms with Crippen molar-refractivity contribution in [1.29, 1.82) is 0 Å². The molecule has 5 heteroatoms. The van der Waals surface area contributed by atoms with Gasteiger partial charge >= 0.3 is 0 Å². The van der Waals surface area contributed by atoms with Crippen LogP contribution >= 0.6 is 35.0 Å². The number of anilines is 1. The van der Waals surface area contributed by atoms with Crippen molar-refractivity contribution in [2.45, 2.75) is 9.79 Å². The van der Waals surface area contributed by atoms with Crippen LogP contribution in [0.3, 0.4) is 0 Å². The molecule has 0 aromatic heterocycles. The van der Waals surface area contributed by atoms with Crippen LogP contribution < -0.4 is 11.3 Å². The monoisotopic (exact) mass is 284 g/mol. The summed E-state index contributed by atoms with van der Waals surface area (Å²) in [6.45, 7) is 0. The smallest absolute Gasteiger partial charge is 0.0861 e. The van der Waals surface area contributed by atoms with E-state index >= 15 is 0 Å². The van der Waals surface area contributed by atoms with Crippen LogP contribution in [0.2, 0.25) is 10.0 Å². The van der Waals surface area contributed by atoms with Crippen molar-refractivity contribution in [2.75, 3.05) is 5.43 Å². The molecular weight excluding hydrogens is 275 g/mol. The molecule has 0 unspecified atom stereocenters. The molecule has 3 N–H and O–H groups in total. The van der Waals surface area contributed by atoms with Crippen LogP contribution in [-0.2, 0) is 0 Å². The summed E-state index contributed by atoms with van der Waals surface area (Å²) in [4.78, 5) is 2.11. The van der Waals surface area contributed by atoms with Crippen LogP contribution in [0, 0.1) is 0 Å². The quantitative estimate of drug-likeness (QED) is 0.647. The Morgan fingerprint density at radius 2 is 1.53 bits per heavy atom. The molecule has 2 aromatic rings. The molecule has 88 valence electrons. The number of halogens is 2. The van der Waals surface area contributed by atoms with Crippen molar-refractivity contribution < 1.29 is 0 Å². The topological polar surface area (TPSA) is 38.0 Å². The summed E-state index contributed by atoms with van der Waals surface area (Å²) in [6, 6.07) is 13.7. The number of hydrazine groups is 1. The third kappa shape index (κ3) is 3.07. The van der Waals surface area contributed by atoms with E-state index in [2.05, 4.69) is 5.43 Å². The predicted octanol–water partition coefficient (Wildman–Crippen LogP) is 4.43. The Morgan fingerprint density at radius 3 is 2.06 bits per heavy atom. The normalized spacial score (nSPS) is 10.3. The minimum Gasteiger partial charge on any atom is -0.321 e. The van der Waals surface area contributed by atoms with E-state index in [0.717, 1.165) is 9.79 Å². The van der Waals surface area contributed by atoms with Crippen molar-refractivity contribution in [2.24, 2.45) is 5.84 Å². The van der Waals surface area contributed by atoms with E-state index in [1.165, 1.54) is 0 Å². The van der Waals surface area contributed by atoms with Crippen molar-refractivity contribution >= 4 is 40.7 Å². The fraction of sp³-hybridized carbons (Fsp3) is 0. The van der Waals surface area contributed by atoms with Gasteiger partial charge in [0.25, 0.3) is 0 Å². The third-order valence-corrected chi connectivity index (χ3v) is 3.71. The second-order valence-electron chi connectivity index (χ2n) is 3.32. The fourth-order valence-electron chi connectivity index (χ4n) is 1.37. The molecule has 0 spiro atoms. The lowest BCUT2D eigenvalue weighted by Gasteiger charge is -2.08. The van der Waals surface area contributed by atoms with Gasteiger partial charge in [0.1, 0.15) is 0 Å². The Balaban J connectivity index is 2.29. The van der Waals surface area contributed by atoms with Gasteiger partial charge in [-0.25, -0.2) is 0 Å². The number of nitrogens with two attached hydrogens (primary N) is 1. The maximum Gasteiger partial charge on any atom is 0.0861 e. The van der Waals surface area contributed by atoms with Crippen molar-refractivity contribution in [1.82, 2.24) is 0 Å². The molecule has 0 saturated heterocycles. The molecule has 0 heterocycles. The summed E-state index contributed by atoms with van der Waals surface area (Å²) < 4.78 is 0. The maximum atomic E-state index is 6.06. The van der Waals surface area contributed by atoms with Crippen molar-refractivity contribution in [3.63, 3.8) is 0 Å². The molecule has 0 radical (unpaired) electrons. The largest absolute Gasteiger partial charge is 0.321 e. The number of benzene rings is 2. The minimum atomic E-state index is 0.512. The summed E-state index contributed by atoms with van der Waals surface area (Å²) in [7, 11) is 0. The van der Waals surface area contributed by atoms with Gasteiger partial charge in [-0.2, -0.15) is 0 Å². The lowest BCUT2D eigenvalue weighted by atomic mass is 10.3. The van der Waals surface area contributed by atoms with Crippen LogP contribution in [0.15, 0.2) is 52.3 Å². The van der Waals surface area contributed by atoms with E-state index in [-0.39, 0.29) is 0 Å². The van der Waals surface area contributed by atoms with Crippen LogP contribution in [0.5, 0.6) is 0 Å². The first-order valence-corrected chi connectivity index (χ1v) is 6.46. The van der Waals surface area contributed by atoms with Gasteiger partial charge in [-0.1, -0.05) is 53.2 Å². The Kier molecular flexibility index (Phi) is 4.18. The van der Waals surface area contributed by atoms with Gasteiger partial charge in [0.15, 0.2) is 0 Å². The molecule has 2 nitrogen and oxygen atoms in total. The molecule has 0 bridgehead atoms. The van der Waals surface area contributed by atoms with Crippen LogP contribution in [0.4, 0.5) is 5.69 Å². The van der Waals surface area contributed by atoms with Gasteiger partial charge in [0, 0.05) is 9.79 Å². The zero-order valence-corrected chi connectivity index (χ0v) is 11.1. The van der Waals surface area contributed by atoms with Gasteiger partial charge in [-0.15, -0.1) is 0 Å². The highest BCUT2D eigenvalue weighted by Crippen LogP contribution is 2.37. The van der Waals surface area contributed by atoms with Gasteiger partial charge in [0.2, 0.25) is 0 Å². The lowest BCUT2D eigenvalue weighted by Crippen LogP contribution is -2.07. The Labute approximate surface area is 114 Å². The van der Waals surface area contributed by atoms with E-state index in [4.69, 9.17) is 29.0 Å². The van der Waals surface area contributed by atoms with E-state index in [9.17, 15) is 0 Å². The number of hydrogen-bond acceptors (Lipinski definition) is 3. The SMILES string of the molecule is NNc1c(Cl)cc(Sc2ccccc2)cc1Cl. The number of hydrogen-bond donors (Lipinski definition) is 2. The number of rotatable bonds is 3. The van der Waals surface area contributed by atoms with Gasteiger partial charge in [0.05, 0.1) is 15.7 Å². The summed E-state index contributed by atoms with van der Waals surface area (Å²) in [5.74, 6) is 5.33. The fourth-order valence-corrected chi connectivity index (χ4v) is 3.02. The molecule has 0 aliphatic carbocycles. The highest BCUT2D eigenvalue weighted by molar-refractivity contribution is 7.99. The van der Waals surface area contributed by atoms with Gasteiger partial charge in [-0.05, 0) is 24.3 Å². The molecule has 2 rings (SSSR count). The molecular formula is C12H10Cl2N2S. The first kappa shape index (κ1) is 12.6. The molecule has 0 amide bonds. The second kappa shape index (κ2) is 5.65. The predicted molar refractivity (Wildman–Crippen MR) is 74.8 cm³/mol. The van der Waals surface area contributed by atoms with Crippen LogP contribution in [0.1, 0.15) is 0 Å². The molecule has 17 heavy (non-hydrogen) atoms. The Bertz CT molecular complexity index is 494. The summed E-state index contributed by atoms with van der Waals surface area (Å²) in [5.41, 5.74) is 3.03. The Hall–Kier alpha value is -0.870. The third-order valence-electron chi connectivity index (χ3n) is 2.14. The summed E-state index contributed by atoms with van der Waals surface area (Å²) in [5, 5.41) is 1.02. The van der Waals surface area contributed by atoms with E-state index < -0.39 is 0 Å². The number of nitrogens with one attached hydrogen (secondary N) is 1. The lowest BCUT2D eigenvalue weighted by molar-refractivity contribution is 1.33. The molecule has 2 aromatic carbocycles. The zero-order chi connectivity index (χ0) is 12.3. The van der Waals surface area contributed by atoms with Crippen LogP contribution in [-0.4, -0.2) is 0 Å². The second-order valence-corrected chi connectivity index (χ2v) is 5.28. The zero-order valence-electron chi connectivity index (χ0n) is 8.78. The Morgan fingerprint density at radius 1 is 0.941 bits per heavy atom.